The molecule has 1 N–H and O–H groups in total. The molecule has 4 aromatic carbocycles. The number of phenols is 1. The second-order valence-corrected chi connectivity index (χ2v) is 9.15. The number of nitrogens with zero attached hydrogens (tertiary/aromatic N) is 3. The predicted octanol–water partition coefficient (Wildman–Crippen LogP) is 8.08. The van der Waals surface area contributed by atoms with Gasteiger partial charge in [0.15, 0.2) is 0 Å². The SMILES string of the molecule is Oc1c(-c2[c-]c(-c3cccc(-n4c5ccccc5c5cccnc54)n3)ccc2)cccc1-c1ccccc1.[Pt]. The molecule has 3 aromatic heterocycles. The molecule has 0 atom stereocenters. The third-order valence-corrected chi connectivity index (χ3v) is 6.88. The molecule has 0 saturated carbocycles. The van der Waals surface area contributed by atoms with Crippen molar-refractivity contribution in [2.24, 2.45) is 0 Å². The van der Waals surface area contributed by atoms with Gasteiger partial charge in [-0.3, -0.25) is 9.55 Å². The molecule has 39 heavy (non-hydrogen) atoms. The zero-order chi connectivity index (χ0) is 25.5. The predicted molar refractivity (Wildman–Crippen MR) is 153 cm³/mol. The van der Waals surface area contributed by atoms with Crippen molar-refractivity contribution >= 4 is 21.9 Å². The maximum Gasteiger partial charge on any atom is 0.146 e. The molecule has 0 aliphatic rings. The summed E-state index contributed by atoms with van der Waals surface area (Å²) in [6.07, 6.45) is 1.81. The summed E-state index contributed by atoms with van der Waals surface area (Å²) in [4.78, 5) is 9.72. The van der Waals surface area contributed by atoms with Gasteiger partial charge in [0, 0.05) is 49.3 Å². The molecule has 0 aliphatic carbocycles. The minimum atomic E-state index is 0. The van der Waals surface area contributed by atoms with Crippen molar-refractivity contribution in [3.8, 4) is 45.1 Å². The topological polar surface area (TPSA) is 50.9 Å². The van der Waals surface area contributed by atoms with Gasteiger partial charge in [0.1, 0.15) is 11.5 Å². The monoisotopic (exact) mass is 683 g/mol. The summed E-state index contributed by atoms with van der Waals surface area (Å²) in [7, 11) is 0. The number of aromatic hydroxyl groups is 1. The number of phenolic OH excluding ortho intramolecular Hbond substituents is 1. The summed E-state index contributed by atoms with van der Waals surface area (Å²) in [6.45, 7) is 0. The van der Waals surface area contributed by atoms with E-state index in [1.54, 1.807) is 0 Å². The van der Waals surface area contributed by atoms with Crippen LogP contribution in [0, 0.1) is 6.07 Å². The molecule has 0 aliphatic heterocycles. The molecule has 0 spiro atoms. The number of hydrogen-bond acceptors (Lipinski definition) is 3. The quantitative estimate of drug-likeness (QED) is 0.191. The van der Waals surface area contributed by atoms with Gasteiger partial charge in [-0.2, -0.15) is 0 Å². The molecule has 0 amide bonds. The summed E-state index contributed by atoms with van der Waals surface area (Å²) >= 11 is 0. The molecule has 7 rings (SSSR count). The average Bonchev–Trinajstić information content (AvgIpc) is 3.32. The minimum Gasteiger partial charge on any atom is -0.515 e. The molecule has 5 heteroatoms. The van der Waals surface area contributed by atoms with E-state index in [1.807, 2.05) is 109 Å². The number of fused-ring (bicyclic) bond motifs is 3. The summed E-state index contributed by atoms with van der Waals surface area (Å²) in [6, 6.07) is 43.5. The number of benzene rings is 4. The van der Waals surface area contributed by atoms with Gasteiger partial charge in [-0.1, -0.05) is 84.4 Å². The smallest absolute Gasteiger partial charge is 0.146 e. The van der Waals surface area contributed by atoms with Crippen LogP contribution in [0.3, 0.4) is 0 Å². The largest absolute Gasteiger partial charge is 0.515 e. The van der Waals surface area contributed by atoms with Crippen LogP contribution in [0.1, 0.15) is 0 Å². The van der Waals surface area contributed by atoms with Gasteiger partial charge in [0.05, 0.1) is 11.3 Å². The van der Waals surface area contributed by atoms with Crippen molar-refractivity contribution in [2.75, 3.05) is 0 Å². The standard InChI is InChI=1S/C34H22N3O.Pt/c38-33-26(23-10-2-1-3-11-23)15-7-16-27(33)24-12-6-13-25(22-24)30-18-8-20-32(36-30)37-31-19-5-4-14-28(31)29-17-9-21-35-34(29)37;/h1-21,38H;/q-1;. The Morgan fingerprint density at radius 3 is 2.23 bits per heavy atom. The first kappa shape index (κ1) is 24.8. The normalized spacial score (nSPS) is 11.0. The van der Waals surface area contributed by atoms with Crippen molar-refractivity contribution < 1.29 is 26.2 Å². The van der Waals surface area contributed by atoms with E-state index in [-0.39, 0.29) is 26.8 Å². The zero-order valence-electron chi connectivity index (χ0n) is 20.7. The second-order valence-electron chi connectivity index (χ2n) is 9.15. The van der Waals surface area contributed by atoms with Crippen molar-refractivity contribution in [3.05, 3.63) is 134 Å². The number of aromatic nitrogens is 3. The first-order chi connectivity index (χ1) is 18.8. The Morgan fingerprint density at radius 2 is 1.33 bits per heavy atom. The number of para-hydroxylation sites is 2. The van der Waals surface area contributed by atoms with Gasteiger partial charge in [0.2, 0.25) is 0 Å². The van der Waals surface area contributed by atoms with E-state index >= 15 is 0 Å². The zero-order valence-corrected chi connectivity index (χ0v) is 23.0. The third-order valence-electron chi connectivity index (χ3n) is 6.88. The Hall–Kier alpha value is -4.53. The average molecular weight is 684 g/mol. The molecule has 3 heterocycles. The molecule has 4 nitrogen and oxygen atoms in total. The van der Waals surface area contributed by atoms with E-state index in [2.05, 4.69) is 33.8 Å². The molecule has 0 unspecified atom stereocenters. The van der Waals surface area contributed by atoms with Crippen LogP contribution in [0.15, 0.2) is 128 Å². The van der Waals surface area contributed by atoms with Crippen molar-refractivity contribution in [1.29, 1.82) is 0 Å². The van der Waals surface area contributed by atoms with E-state index in [0.29, 0.717) is 0 Å². The van der Waals surface area contributed by atoms with Crippen LogP contribution >= 0.6 is 0 Å². The number of pyridine rings is 2. The third kappa shape index (κ3) is 4.33. The fourth-order valence-electron chi connectivity index (χ4n) is 5.11. The van der Waals surface area contributed by atoms with Crippen LogP contribution in [-0.4, -0.2) is 19.6 Å². The maximum absolute atomic E-state index is 11.2. The number of hydrogen-bond donors (Lipinski definition) is 1. The molecular weight excluding hydrogens is 661 g/mol. The molecule has 0 fully saturated rings. The Labute approximate surface area is 240 Å². The van der Waals surface area contributed by atoms with E-state index in [1.165, 1.54) is 0 Å². The van der Waals surface area contributed by atoms with Gasteiger partial charge in [0.25, 0.3) is 0 Å². The molecule has 0 saturated heterocycles. The van der Waals surface area contributed by atoms with Crippen LogP contribution in [0.25, 0.3) is 61.3 Å². The summed E-state index contributed by atoms with van der Waals surface area (Å²) < 4.78 is 2.10. The first-order valence-corrected chi connectivity index (χ1v) is 12.5. The summed E-state index contributed by atoms with van der Waals surface area (Å²) in [5.41, 5.74) is 6.88. The Balaban J connectivity index is 0.00000277. The van der Waals surface area contributed by atoms with Crippen LogP contribution in [0.4, 0.5) is 0 Å². The summed E-state index contributed by atoms with van der Waals surface area (Å²) in [5, 5.41) is 13.4. The summed E-state index contributed by atoms with van der Waals surface area (Å²) in [5.74, 6) is 1.03. The van der Waals surface area contributed by atoms with Crippen LogP contribution in [-0.2, 0) is 21.1 Å². The van der Waals surface area contributed by atoms with Crippen LogP contribution in [0.5, 0.6) is 5.75 Å². The van der Waals surface area contributed by atoms with Crippen molar-refractivity contribution in [2.45, 2.75) is 0 Å². The van der Waals surface area contributed by atoms with Gasteiger partial charge >= 0.3 is 0 Å². The van der Waals surface area contributed by atoms with Crippen LogP contribution in [0.2, 0.25) is 0 Å². The van der Waals surface area contributed by atoms with E-state index in [4.69, 9.17) is 4.98 Å². The van der Waals surface area contributed by atoms with Gasteiger partial charge in [-0.05, 0) is 35.4 Å². The van der Waals surface area contributed by atoms with Gasteiger partial charge in [-0.25, -0.2) is 4.98 Å². The molecular formula is C34H22N3OPt-. The van der Waals surface area contributed by atoms with Crippen LogP contribution < -0.4 is 0 Å². The Morgan fingerprint density at radius 1 is 0.615 bits per heavy atom. The maximum atomic E-state index is 11.2. The molecule has 190 valence electrons. The molecule has 0 radical (unpaired) electrons. The molecule has 0 bridgehead atoms. The van der Waals surface area contributed by atoms with Crippen molar-refractivity contribution in [1.82, 2.24) is 14.5 Å². The first-order valence-electron chi connectivity index (χ1n) is 12.5. The van der Waals surface area contributed by atoms with Crippen molar-refractivity contribution in [3.63, 3.8) is 0 Å². The van der Waals surface area contributed by atoms with E-state index < -0.39 is 0 Å². The Bertz CT molecular complexity index is 1890. The Kier molecular flexibility index (Phi) is 6.56. The van der Waals surface area contributed by atoms with Gasteiger partial charge < -0.3 is 5.11 Å². The number of rotatable bonds is 4. The van der Waals surface area contributed by atoms with E-state index in [0.717, 1.165) is 61.3 Å². The fraction of sp³-hybridized carbons (Fsp3) is 0. The second kappa shape index (κ2) is 10.3. The van der Waals surface area contributed by atoms with E-state index in [9.17, 15) is 5.11 Å². The van der Waals surface area contributed by atoms with Gasteiger partial charge in [-0.15, -0.1) is 29.8 Å². The minimum absolute atomic E-state index is 0. The fourth-order valence-corrected chi connectivity index (χ4v) is 5.11. The molecule has 7 aromatic rings.